The zero-order chi connectivity index (χ0) is 18.7. The molecule has 0 saturated carbocycles. The Hall–Kier alpha value is -2.54. The standard InChI is InChI=1S/C19H25N3O4/c1-12-11-16(26-2)15(18-14(12)3-4-17(23)21-18)7-10-22-8-5-13(6-9-22)20-19(24)25/h3-4,11,13,20H,5-10H2,1-2H3,(H,21,23)(H,24,25). The molecule has 1 fully saturated rings. The lowest BCUT2D eigenvalue weighted by atomic mass is 10.00. The number of ether oxygens (including phenoxy) is 1. The first kappa shape index (κ1) is 18.3. The molecule has 0 aliphatic carbocycles. The molecule has 0 unspecified atom stereocenters. The van der Waals surface area contributed by atoms with Crippen LogP contribution < -0.4 is 15.6 Å². The van der Waals surface area contributed by atoms with E-state index in [4.69, 9.17) is 9.84 Å². The summed E-state index contributed by atoms with van der Waals surface area (Å²) >= 11 is 0. The van der Waals surface area contributed by atoms with Crippen LogP contribution >= 0.6 is 0 Å². The molecular weight excluding hydrogens is 334 g/mol. The minimum absolute atomic E-state index is 0.0369. The Balaban J connectivity index is 1.75. The number of aromatic amines is 1. The number of benzene rings is 1. The summed E-state index contributed by atoms with van der Waals surface area (Å²) in [5.74, 6) is 0.791. The molecule has 3 N–H and O–H groups in total. The number of amides is 1. The average molecular weight is 359 g/mol. The van der Waals surface area contributed by atoms with Gasteiger partial charge < -0.3 is 25.0 Å². The molecule has 1 aliphatic rings. The van der Waals surface area contributed by atoms with E-state index in [1.807, 2.05) is 19.1 Å². The van der Waals surface area contributed by atoms with E-state index in [1.165, 1.54) is 0 Å². The van der Waals surface area contributed by atoms with Crippen molar-refractivity contribution in [3.05, 3.63) is 39.7 Å². The molecule has 1 amide bonds. The second-order valence-corrected chi connectivity index (χ2v) is 6.80. The molecule has 3 rings (SSSR count). The number of aryl methyl sites for hydroxylation is 1. The van der Waals surface area contributed by atoms with Crippen molar-refractivity contribution in [3.63, 3.8) is 0 Å². The highest BCUT2D eigenvalue weighted by molar-refractivity contribution is 5.87. The number of pyridine rings is 1. The van der Waals surface area contributed by atoms with Crippen molar-refractivity contribution < 1.29 is 14.6 Å². The highest BCUT2D eigenvalue weighted by atomic mass is 16.5. The van der Waals surface area contributed by atoms with Crippen LogP contribution in [0.5, 0.6) is 5.75 Å². The van der Waals surface area contributed by atoms with Gasteiger partial charge in [0.2, 0.25) is 5.56 Å². The lowest BCUT2D eigenvalue weighted by Gasteiger charge is -2.32. The first-order chi connectivity index (χ1) is 12.5. The number of piperidine rings is 1. The largest absolute Gasteiger partial charge is 0.496 e. The molecule has 7 heteroatoms. The van der Waals surface area contributed by atoms with Crippen molar-refractivity contribution in [2.75, 3.05) is 26.7 Å². The zero-order valence-electron chi connectivity index (χ0n) is 15.2. The van der Waals surface area contributed by atoms with Crippen molar-refractivity contribution in [3.8, 4) is 5.75 Å². The SMILES string of the molecule is COc1cc(C)c2ccc(=O)[nH]c2c1CCN1CCC(NC(=O)O)CC1. The molecule has 7 nitrogen and oxygen atoms in total. The molecule has 0 spiro atoms. The summed E-state index contributed by atoms with van der Waals surface area (Å²) in [6.45, 7) is 4.56. The second kappa shape index (κ2) is 7.78. The van der Waals surface area contributed by atoms with Crippen LogP contribution in [-0.4, -0.2) is 53.9 Å². The lowest BCUT2D eigenvalue weighted by molar-refractivity contribution is 0.168. The molecule has 26 heavy (non-hydrogen) atoms. The number of carbonyl (C=O) groups is 1. The summed E-state index contributed by atoms with van der Waals surface area (Å²) in [6, 6.07) is 5.45. The number of aromatic nitrogens is 1. The van der Waals surface area contributed by atoms with Crippen LogP contribution in [0.3, 0.4) is 0 Å². The van der Waals surface area contributed by atoms with E-state index in [0.29, 0.717) is 0 Å². The molecule has 1 aromatic carbocycles. The maximum Gasteiger partial charge on any atom is 0.404 e. The van der Waals surface area contributed by atoms with E-state index < -0.39 is 6.09 Å². The minimum atomic E-state index is -0.955. The first-order valence-corrected chi connectivity index (χ1v) is 8.89. The van der Waals surface area contributed by atoms with Gasteiger partial charge in [-0.1, -0.05) is 0 Å². The topological polar surface area (TPSA) is 94.7 Å². The number of hydrogen-bond donors (Lipinski definition) is 3. The monoisotopic (exact) mass is 359 g/mol. The number of hydrogen-bond acceptors (Lipinski definition) is 4. The maximum atomic E-state index is 11.8. The van der Waals surface area contributed by atoms with Crippen LogP contribution in [0, 0.1) is 6.92 Å². The summed E-state index contributed by atoms with van der Waals surface area (Å²) in [4.78, 5) is 27.8. The first-order valence-electron chi connectivity index (χ1n) is 8.89. The number of carboxylic acid groups (broad SMARTS) is 1. The van der Waals surface area contributed by atoms with Gasteiger partial charge in [-0.25, -0.2) is 4.79 Å². The highest BCUT2D eigenvalue weighted by Crippen LogP contribution is 2.29. The number of nitrogens with one attached hydrogen (secondary N) is 2. The van der Waals surface area contributed by atoms with E-state index in [1.54, 1.807) is 13.2 Å². The summed E-state index contributed by atoms with van der Waals surface area (Å²) in [5, 5.41) is 12.4. The Morgan fingerprint density at radius 1 is 1.38 bits per heavy atom. The highest BCUT2D eigenvalue weighted by Gasteiger charge is 2.21. The number of likely N-dealkylation sites (tertiary alicyclic amines) is 1. The van der Waals surface area contributed by atoms with Gasteiger partial charge in [0, 0.05) is 42.7 Å². The van der Waals surface area contributed by atoms with E-state index in [9.17, 15) is 9.59 Å². The Labute approximate surface area is 152 Å². The number of methoxy groups -OCH3 is 1. The minimum Gasteiger partial charge on any atom is -0.496 e. The fourth-order valence-electron chi connectivity index (χ4n) is 3.70. The normalized spacial score (nSPS) is 15.9. The third kappa shape index (κ3) is 3.99. The molecule has 0 atom stereocenters. The van der Waals surface area contributed by atoms with Gasteiger partial charge in [0.15, 0.2) is 0 Å². The number of H-pyrrole nitrogens is 1. The lowest BCUT2D eigenvalue weighted by Crippen LogP contribution is -2.44. The van der Waals surface area contributed by atoms with Crippen molar-refractivity contribution in [1.82, 2.24) is 15.2 Å². The summed E-state index contributed by atoms with van der Waals surface area (Å²) in [5.41, 5.74) is 2.80. The molecule has 1 aliphatic heterocycles. The van der Waals surface area contributed by atoms with Crippen molar-refractivity contribution in [2.24, 2.45) is 0 Å². The molecule has 0 bridgehead atoms. The number of rotatable bonds is 5. The third-order valence-corrected chi connectivity index (χ3v) is 5.10. The maximum absolute atomic E-state index is 11.8. The summed E-state index contributed by atoms with van der Waals surface area (Å²) < 4.78 is 5.56. The molecular formula is C19H25N3O4. The average Bonchev–Trinajstić information content (AvgIpc) is 2.61. The fourth-order valence-corrected chi connectivity index (χ4v) is 3.70. The summed E-state index contributed by atoms with van der Waals surface area (Å²) in [6.07, 6.45) is 1.43. The van der Waals surface area contributed by atoms with Gasteiger partial charge in [0.05, 0.1) is 12.6 Å². The van der Waals surface area contributed by atoms with E-state index in [-0.39, 0.29) is 11.6 Å². The van der Waals surface area contributed by atoms with Gasteiger partial charge >= 0.3 is 6.09 Å². The van der Waals surface area contributed by atoms with Crippen LogP contribution in [0.2, 0.25) is 0 Å². The third-order valence-electron chi connectivity index (χ3n) is 5.10. The van der Waals surface area contributed by atoms with Gasteiger partial charge in [-0.15, -0.1) is 0 Å². The summed E-state index contributed by atoms with van der Waals surface area (Å²) in [7, 11) is 1.65. The van der Waals surface area contributed by atoms with Crippen molar-refractivity contribution in [2.45, 2.75) is 32.2 Å². The van der Waals surface area contributed by atoms with Crippen LogP contribution in [-0.2, 0) is 6.42 Å². The Morgan fingerprint density at radius 3 is 2.77 bits per heavy atom. The smallest absolute Gasteiger partial charge is 0.404 e. The van der Waals surface area contributed by atoms with Crippen LogP contribution in [0.15, 0.2) is 23.0 Å². The Morgan fingerprint density at radius 2 is 2.12 bits per heavy atom. The van der Waals surface area contributed by atoms with Gasteiger partial charge in [-0.3, -0.25) is 4.79 Å². The Bertz CT molecular complexity index is 854. The second-order valence-electron chi connectivity index (χ2n) is 6.80. The molecule has 1 saturated heterocycles. The van der Waals surface area contributed by atoms with Gasteiger partial charge in [-0.05, 0) is 43.9 Å². The van der Waals surface area contributed by atoms with Gasteiger partial charge in [0.25, 0.3) is 0 Å². The quantitative estimate of drug-likeness (QED) is 0.760. The molecule has 0 radical (unpaired) electrons. The van der Waals surface area contributed by atoms with Crippen LogP contribution in [0.25, 0.3) is 10.9 Å². The molecule has 1 aromatic heterocycles. The van der Waals surface area contributed by atoms with Gasteiger partial charge in [0.1, 0.15) is 5.75 Å². The van der Waals surface area contributed by atoms with Crippen molar-refractivity contribution in [1.29, 1.82) is 0 Å². The molecule has 2 heterocycles. The fraction of sp³-hybridized carbons (Fsp3) is 0.474. The van der Waals surface area contributed by atoms with Crippen LogP contribution in [0.1, 0.15) is 24.0 Å². The predicted octanol–water partition coefficient (Wildman–Crippen LogP) is 2.12. The van der Waals surface area contributed by atoms with E-state index >= 15 is 0 Å². The van der Waals surface area contributed by atoms with E-state index in [2.05, 4.69) is 15.2 Å². The van der Waals surface area contributed by atoms with Crippen LogP contribution in [0.4, 0.5) is 4.79 Å². The van der Waals surface area contributed by atoms with Gasteiger partial charge in [-0.2, -0.15) is 0 Å². The molecule has 140 valence electrons. The zero-order valence-corrected chi connectivity index (χ0v) is 15.2. The molecule has 2 aromatic rings. The number of fused-ring (bicyclic) bond motifs is 1. The Kier molecular flexibility index (Phi) is 5.46. The number of nitrogens with zero attached hydrogens (tertiary/aromatic N) is 1. The van der Waals surface area contributed by atoms with Crippen molar-refractivity contribution >= 4 is 17.0 Å². The van der Waals surface area contributed by atoms with E-state index in [0.717, 1.165) is 66.7 Å². The predicted molar refractivity (Wildman–Crippen MR) is 100 cm³/mol.